The maximum Gasteiger partial charge on any atom is 0.339 e. The second-order valence-electron chi connectivity index (χ2n) is 6.85. The molecule has 1 amide bonds. The molecule has 3 aromatic rings. The number of anilines is 1. The topological polar surface area (TPSA) is 115 Å². The zero-order chi connectivity index (χ0) is 25.6. The van der Waals surface area contributed by atoms with E-state index in [1.54, 1.807) is 18.2 Å². The summed E-state index contributed by atoms with van der Waals surface area (Å²) in [5.74, 6) is -0.216. The number of benzene rings is 3. The molecule has 0 aliphatic carbocycles. The van der Waals surface area contributed by atoms with E-state index in [0.29, 0.717) is 11.3 Å². The van der Waals surface area contributed by atoms with Gasteiger partial charge < -0.3 is 19.0 Å². The molecule has 1 N–H and O–H groups in total. The number of nitrogens with one attached hydrogen (secondary N) is 1. The molecule has 3 aromatic carbocycles. The van der Waals surface area contributed by atoms with E-state index in [4.69, 9.17) is 36.9 Å². The van der Waals surface area contributed by atoms with E-state index in [9.17, 15) is 18.5 Å². The number of rotatable bonds is 8. The molecule has 0 atom stereocenters. The Balaban J connectivity index is 1.85. The van der Waals surface area contributed by atoms with Crippen LogP contribution in [-0.4, -0.2) is 28.5 Å². The minimum Gasteiger partial charge on any atom is -0.497 e. The number of hydrogen-bond acceptors (Lipinski definition) is 7. The van der Waals surface area contributed by atoms with Gasteiger partial charge in [-0.05, 0) is 60.2 Å². The van der Waals surface area contributed by atoms with Crippen LogP contribution in [0.15, 0.2) is 71.1 Å². The summed E-state index contributed by atoms with van der Waals surface area (Å²) in [7, 11) is -1.36. The third kappa shape index (κ3) is 6.25. The molecule has 35 heavy (non-hydrogen) atoms. The fraction of sp³-hybridized carbons (Fsp3) is 0.0833. The van der Waals surface area contributed by atoms with Gasteiger partial charge >= 0.3 is 10.1 Å². The van der Waals surface area contributed by atoms with Gasteiger partial charge in [0.05, 0.1) is 30.0 Å². The third-order valence-electron chi connectivity index (χ3n) is 4.61. The van der Waals surface area contributed by atoms with Crippen molar-refractivity contribution in [1.82, 2.24) is 0 Å². The summed E-state index contributed by atoms with van der Waals surface area (Å²) in [6, 6.07) is 16.5. The van der Waals surface area contributed by atoms with Gasteiger partial charge in [0.15, 0.2) is 11.5 Å². The van der Waals surface area contributed by atoms with Crippen molar-refractivity contribution < 1.29 is 26.9 Å². The Morgan fingerprint density at radius 1 is 1.00 bits per heavy atom. The average molecular weight is 533 g/mol. The second kappa shape index (κ2) is 11.1. The first-order chi connectivity index (χ1) is 16.7. The number of carbonyl (C=O) groups excluding carboxylic acids is 1. The maximum absolute atomic E-state index is 12.6. The largest absolute Gasteiger partial charge is 0.497 e. The SMILES string of the molecule is COc1ccc(S(=O)(=O)Oc2ccc(/C=C(\C#N)C(=O)Nc3cccc(Cl)c3Cl)cc2OC)cc1. The van der Waals surface area contributed by atoms with Crippen molar-refractivity contribution >= 4 is 51.0 Å². The molecule has 0 radical (unpaired) electrons. The van der Waals surface area contributed by atoms with Crippen LogP contribution in [0.4, 0.5) is 5.69 Å². The Morgan fingerprint density at radius 2 is 1.71 bits per heavy atom. The third-order valence-corrected chi connectivity index (χ3v) is 6.68. The molecule has 0 heterocycles. The number of carbonyl (C=O) groups is 1. The van der Waals surface area contributed by atoms with Gasteiger partial charge in [0, 0.05) is 0 Å². The van der Waals surface area contributed by atoms with Crippen molar-refractivity contribution in [3.05, 3.63) is 81.8 Å². The lowest BCUT2D eigenvalue weighted by Gasteiger charge is -2.12. The van der Waals surface area contributed by atoms with Crippen LogP contribution in [0.5, 0.6) is 17.2 Å². The fourth-order valence-corrected chi connectivity index (χ4v) is 4.14. The smallest absolute Gasteiger partial charge is 0.339 e. The first kappa shape index (κ1) is 25.9. The number of amides is 1. The summed E-state index contributed by atoms with van der Waals surface area (Å²) < 4.78 is 40.8. The number of ether oxygens (including phenoxy) is 2. The highest BCUT2D eigenvalue weighted by molar-refractivity contribution is 7.87. The molecule has 3 rings (SSSR count). The van der Waals surface area contributed by atoms with Crippen molar-refractivity contribution in [3.63, 3.8) is 0 Å². The van der Waals surface area contributed by atoms with Crippen molar-refractivity contribution in [1.29, 1.82) is 5.26 Å². The van der Waals surface area contributed by atoms with Crippen LogP contribution >= 0.6 is 23.2 Å². The predicted molar refractivity (Wildman–Crippen MR) is 132 cm³/mol. The van der Waals surface area contributed by atoms with Gasteiger partial charge in [-0.3, -0.25) is 4.79 Å². The summed E-state index contributed by atoms with van der Waals surface area (Å²) in [5, 5.41) is 12.4. The van der Waals surface area contributed by atoms with Crippen LogP contribution in [-0.2, 0) is 14.9 Å². The summed E-state index contributed by atoms with van der Waals surface area (Å²) in [5.41, 5.74) is 0.401. The van der Waals surface area contributed by atoms with E-state index >= 15 is 0 Å². The van der Waals surface area contributed by atoms with E-state index in [1.807, 2.05) is 6.07 Å². The van der Waals surface area contributed by atoms with Crippen LogP contribution in [0, 0.1) is 11.3 Å². The molecule has 180 valence electrons. The van der Waals surface area contributed by atoms with Crippen molar-refractivity contribution in [2.45, 2.75) is 4.90 Å². The minimum atomic E-state index is -4.16. The molecule has 0 saturated heterocycles. The Hall–Kier alpha value is -3.71. The van der Waals surface area contributed by atoms with Crippen LogP contribution in [0.25, 0.3) is 6.08 Å². The highest BCUT2D eigenvalue weighted by Gasteiger charge is 2.20. The summed E-state index contributed by atoms with van der Waals surface area (Å²) in [4.78, 5) is 12.5. The molecular formula is C24H18Cl2N2O6S. The molecular weight excluding hydrogens is 515 g/mol. The van der Waals surface area contributed by atoms with Crippen LogP contribution in [0.2, 0.25) is 10.0 Å². The Kier molecular flexibility index (Phi) is 8.25. The van der Waals surface area contributed by atoms with Crippen molar-refractivity contribution in [2.75, 3.05) is 19.5 Å². The Bertz CT molecular complexity index is 1430. The van der Waals surface area contributed by atoms with Gasteiger partial charge in [-0.1, -0.05) is 35.3 Å². The molecule has 8 nitrogen and oxygen atoms in total. The van der Waals surface area contributed by atoms with E-state index < -0.39 is 16.0 Å². The molecule has 0 saturated carbocycles. The van der Waals surface area contributed by atoms with Gasteiger partial charge in [-0.15, -0.1) is 0 Å². The average Bonchev–Trinajstić information content (AvgIpc) is 2.85. The maximum atomic E-state index is 12.6. The quantitative estimate of drug-likeness (QED) is 0.237. The highest BCUT2D eigenvalue weighted by Crippen LogP contribution is 2.32. The van der Waals surface area contributed by atoms with Crippen LogP contribution < -0.4 is 19.0 Å². The van der Waals surface area contributed by atoms with E-state index in [1.165, 1.54) is 62.8 Å². The zero-order valence-electron chi connectivity index (χ0n) is 18.4. The molecule has 0 bridgehead atoms. The molecule has 0 unspecified atom stereocenters. The van der Waals surface area contributed by atoms with Gasteiger partial charge in [0.25, 0.3) is 5.91 Å². The number of nitriles is 1. The fourth-order valence-electron chi connectivity index (χ4n) is 2.86. The molecule has 0 spiro atoms. The summed E-state index contributed by atoms with van der Waals surface area (Å²) in [6.45, 7) is 0. The Morgan fingerprint density at radius 3 is 2.34 bits per heavy atom. The normalized spacial score (nSPS) is 11.3. The van der Waals surface area contributed by atoms with Crippen LogP contribution in [0.3, 0.4) is 0 Å². The number of halogens is 2. The van der Waals surface area contributed by atoms with Crippen molar-refractivity contribution in [2.24, 2.45) is 0 Å². The summed E-state index contributed by atoms with van der Waals surface area (Å²) >= 11 is 12.0. The van der Waals surface area contributed by atoms with Gasteiger partial charge in [-0.2, -0.15) is 13.7 Å². The Labute approximate surface area is 212 Å². The first-order valence-corrected chi connectivity index (χ1v) is 12.0. The molecule has 0 fully saturated rings. The second-order valence-corrected chi connectivity index (χ2v) is 9.18. The molecule has 11 heteroatoms. The van der Waals surface area contributed by atoms with Crippen molar-refractivity contribution in [3.8, 4) is 23.3 Å². The summed E-state index contributed by atoms with van der Waals surface area (Å²) in [6.07, 6.45) is 1.30. The highest BCUT2D eigenvalue weighted by atomic mass is 35.5. The van der Waals surface area contributed by atoms with Gasteiger partial charge in [-0.25, -0.2) is 0 Å². The van der Waals surface area contributed by atoms with Crippen LogP contribution in [0.1, 0.15) is 5.56 Å². The van der Waals surface area contributed by atoms with E-state index in [-0.39, 0.29) is 37.7 Å². The molecule has 0 aromatic heterocycles. The lowest BCUT2D eigenvalue weighted by atomic mass is 10.1. The number of methoxy groups -OCH3 is 2. The minimum absolute atomic E-state index is 0.0749. The molecule has 0 aliphatic heterocycles. The van der Waals surface area contributed by atoms with E-state index in [2.05, 4.69) is 5.32 Å². The first-order valence-electron chi connectivity index (χ1n) is 9.82. The van der Waals surface area contributed by atoms with E-state index in [0.717, 1.165) is 0 Å². The lowest BCUT2D eigenvalue weighted by molar-refractivity contribution is -0.112. The number of nitrogens with zero attached hydrogens (tertiary/aromatic N) is 1. The lowest BCUT2D eigenvalue weighted by Crippen LogP contribution is -2.13. The predicted octanol–water partition coefficient (Wildman–Crippen LogP) is 5.32. The van der Waals surface area contributed by atoms with Gasteiger partial charge in [0.1, 0.15) is 22.3 Å². The zero-order valence-corrected chi connectivity index (χ0v) is 20.7. The van der Waals surface area contributed by atoms with Gasteiger partial charge in [0.2, 0.25) is 0 Å². The molecule has 0 aliphatic rings. The number of hydrogen-bond donors (Lipinski definition) is 1. The standard InChI is InChI=1S/C24H18Cl2N2O6S/c1-32-17-7-9-18(10-8-17)35(30,31)34-21-11-6-15(13-22(21)33-2)12-16(14-27)24(29)28-20-5-3-4-19(25)23(20)26/h3-13H,1-2H3,(H,28,29)/b16-12+. The monoisotopic (exact) mass is 532 g/mol.